The lowest BCUT2D eigenvalue weighted by Gasteiger charge is -2.49. The van der Waals surface area contributed by atoms with Crippen LogP contribution in [-0.2, 0) is 0 Å². The minimum atomic E-state index is 0.483. The van der Waals surface area contributed by atoms with E-state index in [1.165, 1.54) is 25.7 Å². The third-order valence-corrected chi connectivity index (χ3v) is 5.05. The van der Waals surface area contributed by atoms with Crippen molar-refractivity contribution in [3.63, 3.8) is 0 Å². The van der Waals surface area contributed by atoms with E-state index in [9.17, 15) is 0 Å². The van der Waals surface area contributed by atoms with Gasteiger partial charge in [-0.05, 0) is 55.4 Å². The highest BCUT2D eigenvalue weighted by molar-refractivity contribution is 4.96. The predicted molar refractivity (Wildman–Crippen MR) is 64.3 cm³/mol. The summed E-state index contributed by atoms with van der Waals surface area (Å²) in [4.78, 5) is 0. The molecule has 2 aliphatic rings. The van der Waals surface area contributed by atoms with Crippen molar-refractivity contribution in [3.05, 3.63) is 0 Å². The van der Waals surface area contributed by atoms with Crippen molar-refractivity contribution in [1.29, 1.82) is 0 Å². The van der Waals surface area contributed by atoms with Crippen molar-refractivity contribution in [2.75, 3.05) is 6.54 Å². The minimum Gasteiger partial charge on any atom is -0.330 e. The van der Waals surface area contributed by atoms with Gasteiger partial charge in [0.05, 0.1) is 0 Å². The Labute approximate surface area is 93.8 Å². The highest BCUT2D eigenvalue weighted by Crippen LogP contribution is 2.46. The molecule has 15 heavy (non-hydrogen) atoms. The van der Waals surface area contributed by atoms with Gasteiger partial charge in [0.25, 0.3) is 0 Å². The lowest BCUT2D eigenvalue weighted by atomic mass is 9.59. The summed E-state index contributed by atoms with van der Waals surface area (Å²) < 4.78 is 0. The second kappa shape index (κ2) is 4.42. The molecule has 0 aromatic carbocycles. The second-order valence-electron chi connectivity index (χ2n) is 6.00. The fourth-order valence-corrected chi connectivity index (χ4v) is 3.91. The van der Waals surface area contributed by atoms with E-state index in [4.69, 9.17) is 11.5 Å². The maximum Gasteiger partial charge on any atom is 0.00750 e. The molecule has 0 bridgehead atoms. The van der Waals surface area contributed by atoms with Gasteiger partial charge in [0, 0.05) is 6.04 Å². The Balaban J connectivity index is 1.94. The van der Waals surface area contributed by atoms with Gasteiger partial charge >= 0.3 is 0 Å². The topological polar surface area (TPSA) is 52.0 Å². The highest BCUT2D eigenvalue weighted by Gasteiger charge is 2.43. The summed E-state index contributed by atoms with van der Waals surface area (Å²) in [7, 11) is 0. The van der Waals surface area contributed by atoms with E-state index in [1.54, 1.807) is 0 Å². The molecule has 2 saturated carbocycles. The average molecular weight is 210 g/mol. The quantitative estimate of drug-likeness (QED) is 0.732. The summed E-state index contributed by atoms with van der Waals surface area (Å²) >= 11 is 0. The smallest absolute Gasteiger partial charge is 0.00750 e. The average Bonchev–Trinajstić information content (AvgIpc) is 2.20. The molecule has 0 amide bonds. The molecule has 4 unspecified atom stereocenters. The minimum absolute atomic E-state index is 0.483. The van der Waals surface area contributed by atoms with Crippen molar-refractivity contribution in [3.8, 4) is 0 Å². The number of rotatable bonds is 2. The van der Waals surface area contributed by atoms with Gasteiger partial charge in [-0.2, -0.15) is 0 Å². The van der Waals surface area contributed by atoms with Gasteiger partial charge in [0.15, 0.2) is 0 Å². The zero-order valence-corrected chi connectivity index (χ0v) is 10.2. The summed E-state index contributed by atoms with van der Waals surface area (Å²) in [5, 5.41) is 0. The molecule has 2 aliphatic carbocycles. The number of hydrogen-bond donors (Lipinski definition) is 2. The van der Waals surface area contributed by atoms with E-state index in [-0.39, 0.29) is 0 Å². The third-order valence-electron chi connectivity index (χ3n) is 5.05. The first kappa shape index (κ1) is 11.4. The first-order valence-corrected chi connectivity index (χ1v) is 6.59. The Bertz CT molecular complexity index is 209. The van der Waals surface area contributed by atoms with Crippen LogP contribution in [-0.4, -0.2) is 12.6 Å². The summed E-state index contributed by atoms with van der Waals surface area (Å²) in [6.07, 6.45) is 5.33. The number of nitrogens with two attached hydrogens (primary N) is 2. The summed E-state index contributed by atoms with van der Waals surface area (Å²) in [5.74, 6) is 4.11. The van der Waals surface area contributed by atoms with E-state index in [0.29, 0.717) is 6.04 Å². The number of hydrogen-bond acceptors (Lipinski definition) is 2. The normalized spacial score (nSPS) is 51.2. The molecule has 0 aliphatic heterocycles. The Morgan fingerprint density at radius 2 is 1.80 bits per heavy atom. The molecule has 2 heteroatoms. The predicted octanol–water partition coefficient (Wildman–Crippen LogP) is 1.98. The lowest BCUT2D eigenvalue weighted by Crippen LogP contribution is -2.51. The molecule has 2 rings (SSSR count). The van der Waals surface area contributed by atoms with Crippen LogP contribution in [0, 0.1) is 29.6 Å². The van der Waals surface area contributed by atoms with Gasteiger partial charge < -0.3 is 11.5 Å². The fraction of sp³-hybridized carbons (Fsp3) is 1.00. The molecule has 0 aromatic rings. The molecule has 88 valence electrons. The van der Waals surface area contributed by atoms with Crippen LogP contribution in [0.1, 0.15) is 39.5 Å². The summed E-state index contributed by atoms with van der Waals surface area (Å²) in [6, 6.07) is 0.483. The molecular weight excluding hydrogens is 184 g/mol. The van der Waals surface area contributed by atoms with Gasteiger partial charge in [-0.3, -0.25) is 0 Å². The van der Waals surface area contributed by atoms with Crippen LogP contribution < -0.4 is 11.5 Å². The van der Waals surface area contributed by atoms with Crippen molar-refractivity contribution >= 4 is 0 Å². The summed E-state index contributed by atoms with van der Waals surface area (Å²) in [6.45, 7) is 5.59. The maximum atomic E-state index is 6.13. The Hall–Kier alpha value is -0.0800. The maximum absolute atomic E-state index is 6.13. The largest absolute Gasteiger partial charge is 0.330 e. The monoisotopic (exact) mass is 210 g/mol. The van der Waals surface area contributed by atoms with Crippen LogP contribution in [0.15, 0.2) is 0 Å². The van der Waals surface area contributed by atoms with Crippen molar-refractivity contribution in [2.24, 2.45) is 41.1 Å². The van der Waals surface area contributed by atoms with Crippen LogP contribution >= 0.6 is 0 Å². The van der Waals surface area contributed by atoms with Crippen LogP contribution in [0.4, 0.5) is 0 Å². The molecule has 0 saturated heterocycles. The van der Waals surface area contributed by atoms with Crippen LogP contribution in [0.3, 0.4) is 0 Å². The third kappa shape index (κ3) is 2.07. The van der Waals surface area contributed by atoms with Gasteiger partial charge in [-0.1, -0.05) is 20.3 Å². The fourth-order valence-electron chi connectivity index (χ4n) is 3.91. The molecule has 0 spiro atoms. The van der Waals surface area contributed by atoms with E-state index in [0.717, 1.165) is 36.1 Å². The lowest BCUT2D eigenvalue weighted by molar-refractivity contribution is 0.0364. The van der Waals surface area contributed by atoms with Gasteiger partial charge in [-0.15, -0.1) is 0 Å². The first-order valence-electron chi connectivity index (χ1n) is 6.59. The van der Waals surface area contributed by atoms with E-state index in [2.05, 4.69) is 13.8 Å². The van der Waals surface area contributed by atoms with Gasteiger partial charge in [-0.25, -0.2) is 0 Å². The standard InChI is InChI=1S/C13H26N2/c1-8-3-4-10(6-11(8)7-14)13-9(2)5-12(13)15/h8-13H,3-7,14-15H2,1-2H3/t8?,9-,10?,11?,12-,13?/m1/s1. The van der Waals surface area contributed by atoms with Gasteiger partial charge in [0.2, 0.25) is 0 Å². The molecule has 2 nitrogen and oxygen atoms in total. The van der Waals surface area contributed by atoms with E-state index >= 15 is 0 Å². The van der Waals surface area contributed by atoms with E-state index < -0.39 is 0 Å². The molecule has 0 radical (unpaired) electrons. The molecular formula is C13H26N2. The van der Waals surface area contributed by atoms with Crippen LogP contribution in [0.5, 0.6) is 0 Å². The summed E-state index contributed by atoms with van der Waals surface area (Å²) in [5.41, 5.74) is 12.0. The Morgan fingerprint density at radius 1 is 1.07 bits per heavy atom. The molecule has 0 heterocycles. The van der Waals surface area contributed by atoms with Crippen LogP contribution in [0.25, 0.3) is 0 Å². The van der Waals surface area contributed by atoms with Crippen molar-refractivity contribution in [2.45, 2.75) is 45.6 Å². The Morgan fingerprint density at radius 3 is 2.33 bits per heavy atom. The second-order valence-corrected chi connectivity index (χ2v) is 6.00. The van der Waals surface area contributed by atoms with E-state index in [1.807, 2.05) is 0 Å². The zero-order chi connectivity index (χ0) is 11.0. The zero-order valence-electron chi connectivity index (χ0n) is 10.2. The molecule has 6 atom stereocenters. The van der Waals surface area contributed by atoms with Gasteiger partial charge in [0.1, 0.15) is 0 Å². The first-order chi connectivity index (χ1) is 7.13. The molecule has 0 aromatic heterocycles. The van der Waals surface area contributed by atoms with Crippen molar-refractivity contribution in [1.82, 2.24) is 0 Å². The Kier molecular flexibility index (Phi) is 3.36. The molecule has 2 fully saturated rings. The highest BCUT2D eigenvalue weighted by atomic mass is 14.7. The van der Waals surface area contributed by atoms with Crippen molar-refractivity contribution < 1.29 is 0 Å². The SMILES string of the molecule is CC1CCC(C2[C@H](C)C[C@H]2N)CC1CN. The molecule has 4 N–H and O–H groups in total. The van der Waals surface area contributed by atoms with Crippen LogP contribution in [0.2, 0.25) is 0 Å².